The summed E-state index contributed by atoms with van der Waals surface area (Å²) in [5.74, 6) is 0.911. The van der Waals surface area contributed by atoms with Crippen molar-refractivity contribution in [2.24, 2.45) is 12.8 Å². The average Bonchev–Trinajstić information content (AvgIpc) is 3.00. The molecule has 0 aliphatic heterocycles. The lowest BCUT2D eigenvalue weighted by Crippen LogP contribution is -1.99. The summed E-state index contributed by atoms with van der Waals surface area (Å²) in [5, 5.41) is 1.21. The lowest BCUT2D eigenvalue weighted by Gasteiger charge is -1.94. The molecule has 3 N–H and O–H groups in total. The number of nitrogens with one attached hydrogen (secondary N) is 1. The fraction of sp³-hybridized carbons (Fsp3) is 0.267. The number of aromatic amines is 1. The van der Waals surface area contributed by atoms with E-state index in [0.717, 1.165) is 29.2 Å². The summed E-state index contributed by atoms with van der Waals surface area (Å²) in [7, 11) is 2.05. The van der Waals surface area contributed by atoms with E-state index in [0.29, 0.717) is 6.54 Å². The van der Waals surface area contributed by atoms with E-state index in [1.165, 1.54) is 10.9 Å². The van der Waals surface area contributed by atoms with Crippen molar-refractivity contribution in [2.45, 2.75) is 19.9 Å². The van der Waals surface area contributed by atoms with Gasteiger partial charge in [-0.3, -0.25) is 0 Å². The van der Waals surface area contributed by atoms with Crippen LogP contribution in [-0.4, -0.2) is 14.5 Å². The Morgan fingerprint density at radius 3 is 2.79 bits per heavy atom. The third kappa shape index (κ3) is 1.85. The first kappa shape index (κ1) is 12.0. The van der Waals surface area contributed by atoms with Crippen molar-refractivity contribution in [3.05, 3.63) is 41.9 Å². The number of nitrogens with two attached hydrogens (primary N) is 1. The first-order valence-electron chi connectivity index (χ1n) is 6.56. The van der Waals surface area contributed by atoms with Crippen LogP contribution < -0.4 is 5.73 Å². The Hall–Kier alpha value is -2.07. The van der Waals surface area contributed by atoms with Gasteiger partial charge in [-0.15, -0.1) is 0 Å². The van der Waals surface area contributed by atoms with Gasteiger partial charge in [0.2, 0.25) is 0 Å². The number of aryl methyl sites for hydroxylation is 2. The average molecular weight is 254 g/mol. The Kier molecular flexibility index (Phi) is 2.87. The molecule has 0 bridgehead atoms. The number of rotatable bonds is 3. The van der Waals surface area contributed by atoms with Gasteiger partial charge in [0.1, 0.15) is 5.82 Å². The third-order valence-electron chi connectivity index (χ3n) is 3.56. The molecule has 0 unspecified atom stereocenters. The number of para-hydroxylation sites is 1. The number of aromatic nitrogens is 3. The van der Waals surface area contributed by atoms with Crippen LogP contribution in [0.1, 0.15) is 18.3 Å². The van der Waals surface area contributed by atoms with Gasteiger partial charge in [-0.2, -0.15) is 0 Å². The van der Waals surface area contributed by atoms with Crippen molar-refractivity contribution in [1.29, 1.82) is 0 Å². The zero-order valence-corrected chi connectivity index (χ0v) is 11.3. The minimum absolute atomic E-state index is 0.501. The Morgan fingerprint density at radius 1 is 1.32 bits per heavy atom. The number of imidazole rings is 1. The van der Waals surface area contributed by atoms with Crippen LogP contribution in [-0.2, 0) is 20.0 Å². The molecule has 19 heavy (non-hydrogen) atoms. The molecule has 2 heterocycles. The Labute approximate surface area is 112 Å². The van der Waals surface area contributed by atoms with Crippen LogP contribution >= 0.6 is 0 Å². The minimum atomic E-state index is 0.501. The van der Waals surface area contributed by atoms with Crippen LogP contribution in [0.5, 0.6) is 0 Å². The van der Waals surface area contributed by atoms with Crippen molar-refractivity contribution in [3.63, 3.8) is 0 Å². The van der Waals surface area contributed by atoms with Gasteiger partial charge in [-0.25, -0.2) is 4.98 Å². The van der Waals surface area contributed by atoms with Crippen molar-refractivity contribution in [2.75, 3.05) is 0 Å². The quantitative estimate of drug-likeness (QED) is 0.754. The highest BCUT2D eigenvalue weighted by Gasteiger charge is 2.13. The molecule has 4 nitrogen and oxygen atoms in total. The SMILES string of the molecule is CCc1nc(-c2cn(C)c3ccccc23)[nH]c1CN. The smallest absolute Gasteiger partial charge is 0.140 e. The van der Waals surface area contributed by atoms with Crippen LogP contribution in [0, 0.1) is 0 Å². The predicted molar refractivity (Wildman–Crippen MR) is 77.8 cm³/mol. The van der Waals surface area contributed by atoms with Gasteiger partial charge in [0, 0.05) is 36.3 Å². The van der Waals surface area contributed by atoms with Gasteiger partial charge in [0.25, 0.3) is 0 Å². The highest BCUT2D eigenvalue weighted by molar-refractivity contribution is 5.94. The molecule has 0 radical (unpaired) electrons. The van der Waals surface area contributed by atoms with E-state index >= 15 is 0 Å². The molecule has 0 spiro atoms. The van der Waals surface area contributed by atoms with Gasteiger partial charge in [-0.1, -0.05) is 25.1 Å². The number of benzene rings is 1. The van der Waals surface area contributed by atoms with Crippen molar-refractivity contribution < 1.29 is 0 Å². The zero-order valence-electron chi connectivity index (χ0n) is 11.3. The maximum absolute atomic E-state index is 5.76. The second kappa shape index (κ2) is 4.55. The Bertz CT molecular complexity index is 699. The lowest BCUT2D eigenvalue weighted by atomic mass is 10.2. The van der Waals surface area contributed by atoms with E-state index in [4.69, 9.17) is 5.73 Å². The number of nitrogens with zero attached hydrogens (tertiary/aromatic N) is 2. The minimum Gasteiger partial charge on any atom is -0.350 e. The van der Waals surface area contributed by atoms with Crippen LogP contribution in [0.4, 0.5) is 0 Å². The summed E-state index contributed by atoms with van der Waals surface area (Å²) >= 11 is 0. The number of H-pyrrole nitrogens is 1. The normalized spacial score (nSPS) is 11.3. The van der Waals surface area contributed by atoms with Gasteiger partial charge in [-0.05, 0) is 12.5 Å². The molecule has 2 aromatic heterocycles. The molecule has 3 rings (SSSR count). The molecular formula is C15H18N4. The maximum Gasteiger partial charge on any atom is 0.140 e. The Morgan fingerprint density at radius 2 is 2.11 bits per heavy atom. The van der Waals surface area contributed by atoms with Crippen LogP contribution in [0.15, 0.2) is 30.5 Å². The molecule has 0 saturated carbocycles. The van der Waals surface area contributed by atoms with E-state index in [1.807, 2.05) is 0 Å². The van der Waals surface area contributed by atoms with E-state index in [-0.39, 0.29) is 0 Å². The first-order valence-corrected chi connectivity index (χ1v) is 6.56. The molecule has 0 aliphatic rings. The first-order chi connectivity index (χ1) is 9.24. The second-order valence-electron chi connectivity index (χ2n) is 4.74. The van der Waals surface area contributed by atoms with Gasteiger partial charge < -0.3 is 15.3 Å². The van der Waals surface area contributed by atoms with E-state index in [9.17, 15) is 0 Å². The summed E-state index contributed by atoms with van der Waals surface area (Å²) in [6.07, 6.45) is 3.01. The monoisotopic (exact) mass is 254 g/mol. The third-order valence-corrected chi connectivity index (χ3v) is 3.56. The highest BCUT2D eigenvalue weighted by atomic mass is 15.0. The molecule has 0 fully saturated rings. The Balaban J connectivity index is 2.22. The molecule has 0 aliphatic carbocycles. The molecule has 98 valence electrons. The maximum atomic E-state index is 5.76. The van der Waals surface area contributed by atoms with Gasteiger partial charge in [0.15, 0.2) is 0 Å². The summed E-state index contributed by atoms with van der Waals surface area (Å²) in [4.78, 5) is 8.04. The van der Waals surface area contributed by atoms with E-state index in [1.54, 1.807) is 0 Å². The molecule has 1 aromatic carbocycles. The zero-order chi connectivity index (χ0) is 13.4. The van der Waals surface area contributed by atoms with Crippen molar-refractivity contribution in [1.82, 2.24) is 14.5 Å². The molecule has 0 saturated heterocycles. The molecule has 0 amide bonds. The van der Waals surface area contributed by atoms with Gasteiger partial charge in [0.05, 0.1) is 11.4 Å². The van der Waals surface area contributed by atoms with Crippen LogP contribution in [0.25, 0.3) is 22.3 Å². The second-order valence-corrected chi connectivity index (χ2v) is 4.74. The fourth-order valence-corrected chi connectivity index (χ4v) is 2.56. The predicted octanol–water partition coefficient (Wildman–Crippen LogP) is 2.59. The highest BCUT2D eigenvalue weighted by Crippen LogP contribution is 2.28. The summed E-state index contributed by atoms with van der Waals surface area (Å²) in [6.45, 7) is 2.60. The fourth-order valence-electron chi connectivity index (χ4n) is 2.56. The molecule has 0 atom stereocenters. The summed E-state index contributed by atoms with van der Waals surface area (Å²) < 4.78 is 2.13. The van der Waals surface area contributed by atoms with Crippen molar-refractivity contribution in [3.8, 4) is 11.4 Å². The van der Waals surface area contributed by atoms with E-state index in [2.05, 4.69) is 59.0 Å². The van der Waals surface area contributed by atoms with Crippen LogP contribution in [0.2, 0.25) is 0 Å². The molecule has 4 heteroatoms. The van der Waals surface area contributed by atoms with Crippen LogP contribution in [0.3, 0.4) is 0 Å². The lowest BCUT2D eigenvalue weighted by molar-refractivity contribution is 0.951. The molecular weight excluding hydrogens is 236 g/mol. The van der Waals surface area contributed by atoms with E-state index < -0.39 is 0 Å². The molecule has 3 aromatic rings. The topological polar surface area (TPSA) is 59.6 Å². The number of fused-ring (bicyclic) bond motifs is 1. The summed E-state index contributed by atoms with van der Waals surface area (Å²) in [5.41, 5.74) is 10.2. The van der Waals surface area contributed by atoms with Crippen molar-refractivity contribution >= 4 is 10.9 Å². The standard InChI is InChI=1S/C15H18N4/c1-3-12-13(8-16)18-15(17-12)11-9-19(2)14-7-5-4-6-10(11)14/h4-7,9H,3,8,16H2,1-2H3,(H,17,18). The van der Waals surface area contributed by atoms with Gasteiger partial charge >= 0.3 is 0 Å². The summed E-state index contributed by atoms with van der Waals surface area (Å²) in [6, 6.07) is 8.35. The largest absolute Gasteiger partial charge is 0.350 e. The number of hydrogen-bond acceptors (Lipinski definition) is 2. The number of hydrogen-bond donors (Lipinski definition) is 2.